The van der Waals surface area contributed by atoms with Crippen molar-refractivity contribution in [2.75, 3.05) is 0 Å². The van der Waals surface area contributed by atoms with Gasteiger partial charge in [-0.2, -0.15) is 5.26 Å². The smallest absolute Gasteiger partial charge is 0.354 e. The molecule has 2 heterocycles. The molecule has 6 nitrogen and oxygen atoms in total. The van der Waals surface area contributed by atoms with Crippen molar-refractivity contribution in [3.05, 3.63) is 42.2 Å². The molecule has 0 fully saturated rings. The minimum Gasteiger partial charge on any atom is -0.477 e. The summed E-state index contributed by atoms with van der Waals surface area (Å²) in [6.07, 6.45) is 4.43. The Bertz CT molecular complexity index is 583. The van der Waals surface area contributed by atoms with Gasteiger partial charge >= 0.3 is 5.97 Å². The molecular formula is C10H6N4O2. The largest absolute Gasteiger partial charge is 0.477 e. The van der Waals surface area contributed by atoms with Gasteiger partial charge in [-0.05, 0) is 12.1 Å². The van der Waals surface area contributed by atoms with Crippen LogP contribution in [0.1, 0.15) is 16.3 Å². The van der Waals surface area contributed by atoms with Crippen LogP contribution in [0.25, 0.3) is 5.69 Å². The molecule has 0 radical (unpaired) electrons. The highest BCUT2D eigenvalue weighted by atomic mass is 16.4. The summed E-state index contributed by atoms with van der Waals surface area (Å²) in [5.74, 6) is -0.914. The van der Waals surface area contributed by atoms with Crippen LogP contribution in [0.4, 0.5) is 0 Å². The Labute approximate surface area is 90.4 Å². The van der Waals surface area contributed by atoms with Crippen LogP contribution in [0.15, 0.2) is 30.7 Å². The number of hydrogen-bond acceptors (Lipinski definition) is 4. The second-order valence-corrected chi connectivity index (χ2v) is 2.94. The normalized spacial score (nSPS) is 9.69. The summed E-state index contributed by atoms with van der Waals surface area (Å²) in [6, 6.07) is 4.89. The number of nitrogens with zero attached hydrogens (tertiary/aromatic N) is 4. The van der Waals surface area contributed by atoms with Gasteiger partial charge in [0, 0.05) is 18.6 Å². The fraction of sp³-hybridized carbons (Fsp3) is 0. The lowest BCUT2D eigenvalue weighted by molar-refractivity contribution is 0.0690. The SMILES string of the molecule is N#Cc1nccn1-c1ccnc(C(=O)O)c1. The van der Waals surface area contributed by atoms with E-state index in [4.69, 9.17) is 10.4 Å². The third-order valence-electron chi connectivity index (χ3n) is 1.98. The van der Waals surface area contributed by atoms with E-state index in [0.29, 0.717) is 5.69 Å². The predicted molar refractivity (Wildman–Crippen MR) is 53.0 cm³/mol. The molecule has 0 bridgehead atoms. The average molecular weight is 214 g/mol. The van der Waals surface area contributed by atoms with Crippen molar-refractivity contribution in [2.24, 2.45) is 0 Å². The van der Waals surface area contributed by atoms with Gasteiger partial charge < -0.3 is 5.11 Å². The number of pyridine rings is 1. The summed E-state index contributed by atoms with van der Waals surface area (Å²) >= 11 is 0. The molecule has 0 saturated carbocycles. The Morgan fingerprint density at radius 3 is 2.94 bits per heavy atom. The van der Waals surface area contributed by atoms with E-state index in [9.17, 15) is 4.79 Å². The standard InChI is InChI=1S/C10H6N4O2/c11-6-9-13-3-4-14(9)7-1-2-12-8(5-7)10(15)16/h1-5H,(H,15,16). The number of aromatic nitrogens is 3. The fourth-order valence-corrected chi connectivity index (χ4v) is 1.28. The molecule has 2 rings (SSSR count). The van der Waals surface area contributed by atoms with Crippen molar-refractivity contribution in [2.45, 2.75) is 0 Å². The second kappa shape index (κ2) is 3.82. The van der Waals surface area contributed by atoms with Crippen molar-refractivity contribution >= 4 is 5.97 Å². The first-order valence-electron chi connectivity index (χ1n) is 4.35. The van der Waals surface area contributed by atoms with E-state index in [0.717, 1.165) is 0 Å². The third-order valence-corrected chi connectivity index (χ3v) is 1.98. The van der Waals surface area contributed by atoms with Gasteiger partial charge in [0.15, 0.2) is 0 Å². The summed E-state index contributed by atoms with van der Waals surface area (Å²) in [5.41, 5.74) is 0.469. The maximum atomic E-state index is 10.7. The Kier molecular flexibility index (Phi) is 2.36. The van der Waals surface area contributed by atoms with Crippen LogP contribution >= 0.6 is 0 Å². The third kappa shape index (κ3) is 1.62. The molecule has 0 amide bonds. The zero-order valence-corrected chi connectivity index (χ0v) is 8.03. The highest BCUT2D eigenvalue weighted by Gasteiger charge is 2.08. The molecule has 0 aliphatic rings. The van der Waals surface area contributed by atoms with Crippen LogP contribution in [0.2, 0.25) is 0 Å². The molecule has 0 spiro atoms. The van der Waals surface area contributed by atoms with Gasteiger partial charge in [0.1, 0.15) is 11.8 Å². The predicted octanol–water partition coefficient (Wildman–Crippen LogP) is 0.837. The number of imidazole rings is 1. The van der Waals surface area contributed by atoms with Crippen molar-refractivity contribution < 1.29 is 9.90 Å². The Morgan fingerprint density at radius 2 is 2.25 bits per heavy atom. The molecule has 6 heteroatoms. The van der Waals surface area contributed by atoms with Gasteiger partial charge in [0.25, 0.3) is 0 Å². The molecule has 0 unspecified atom stereocenters. The van der Waals surface area contributed by atoms with Gasteiger partial charge in [-0.1, -0.05) is 0 Å². The lowest BCUT2D eigenvalue weighted by atomic mass is 10.3. The Balaban J connectivity index is 2.53. The molecule has 1 N–H and O–H groups in total. The summed E-state index contributed by atoms with van der Waals surface area (Å²) in [7, 11) is 0. The molecule has 0 aliphatic carbocycles. The van der Waals surface area contributed by atoms with Crippen molar-refractivity contribution in [3.63, 3.8) is 0 Å². The number of hydrogen-bond donors (Lipinski definition) is 1. The molecule has 2 aromatic rings. The summed E-state index contributed by atoms with van der Waals surface area (Å²) in [5, 5.41) is 17.6. The number of carboxylic acid groups (broad SMARTS) is 1. The molecule has 78 valence electrons. The highest BCUT2D eigenvalue weighted by molar-refractivity contribution is 5.85. The van der Waals surface area contributed by atoms with Gasteiger partial charge in [-0.15, -0.1) is 0 Å². The van der Waals surface area contributed by atoms with Crippen LogP contribution in [0.5, 0.6) is 0 Å². The topological polar surface area (TPSA) is 91.8 Å². The number of aromatic carboxylic acids is 1. The van der Waals surface area contributed by atoms with E-state index in [1.54, 1.807) is 12.3 Å². The molecule has 16 heavy (non-hydrogen) atoms. The van der Waals surface area contributed by atoms with Crippen molar-refractivity contribution in [1.82, 2.24) is 14.5 Å². The van der Waals surface area contributed by atoms with E-state index in [1.165, 1.54) is 23.0 Å². The number of nitriles is 1. The van der Waals surface area contributed by atoms with E-state index < -0.39 is 5.97 Å². The molecule has 0 aromatic carbocycles. The Hall–Kier alpha value is -2.68. The maximum Gasteiger partial charge on any atom is 0.354 e. The first-order valence-corrected chi connectivity index (χ1v) is 4.35. The molecule has 0 saturated heterocycles. The monoisotopic (exact) mass is 214 g/mol. The first-order chi connectivity index (χ1) is 7.72. The minimum absolute atomic E-state index is 0.0740. The lowest BCUT2D eigenvalue weighted by Crippen LogP contribution is -2.03. The maximum absolute atomic E-state index is 10.7. The average Bonchev–Trinajstić information content (AvgIpc) is 2.77. The molecule has 0 aliphatic heterocycles. The van der Waals surface area contributed by atoms with Gasteiger partial charge in [-0.25, -0.2) is 14.8 Å². The minimum atomic E-state index is -1.11. The fourth-order valence-electron chi connectivity index (χ4n) is 1.28. The molecule has 0 atom stereocenters. The quantitative estimate of drug-likeness (QED) is 0.799. The first kappa shape index (κ1) is 9.86. The zero-order chi connectivity index (χ0) is 11.5. The van der Waals surface area contributed by atoms with Crippen LogP contribution in [0.3, 0.4) is 0 Å². The van der Waals surface area contributed by atoms with E-state index >= 15 is 0 Å². The van der Waals surface area contributed by atoms with Crippen LogP contribution in [0, 0.1) is 11.3 Å². The van der Waals surface area contributed by atoms with Crippen molar-refractivity contribution in [3.8, 4) is 11.8 Å². The van der Waals surface area contributed by atoms with Gasteiger partial charge in [0.2, 0.25) is 5.82 Å². The molecular weight excluding hydrogens is 208 g/mol. The molecule has 2 aromatic heterocycles. The van der Waals surface area contributed by atoms with Gasteiger partial charge in [-0.3, -0.25) is 4.57 Å². The number of carboxylic acids is 1. The number of carbonyl (C=O) groups is 1. The zero-order valence-electron chi connectivity index (χ0n) is 8.03. The van der Waals surface area contributed by atoms with E-state index in [2.05, 4.69) is 9.97 Å². The van der Waals surface area contributed by atoms with Crippen molar-refractivity contribution in [1.29, 1.82) is 5.26 Å². The summed E-state index contributed by atoms with van der Waals surface area (Å²) < 4.78 is 1.49. The summed E-state index contributed by atoms with van der Waals surface area (Å²) in [4.78, 5) is 18.2. The second-order valence-electron chi connectivity index (χ2n) is 2.94. The van der Waals surface area contributed by atoms with Gasteiger partial charge in [0.05, 0.1) is 5.69 Å². The summed E-state index contributed by atoms with van der Waals surface area (Å²) in [6.45, 7) is 0. The van der Waals surface area contributed by atoms with E-state index in [-0.39, 0.29) is 11.5 Å². The van der Waals surface area contributed by atoms with Crippen LogP contribution < -0.4 is 0 Å². The van der Waals surface area contributed by atoms with Crippen LogP contribution in [-0.2, 0) is 0 Å². The Morgan fingerprint density at radius 1 is 1.44 bits per heavy atom. The highest BCUT2D eigenvalue weighted by Crippen LogP contribution is 2.10. The van der Waals surface area contributed by atoms with E-state index in [1.807, 2.05) is 6.07 Å². The lowest BCUT2D eigenvalue weighted by Gasteiger charge is -2.03. The van der Waals surface area contributed by atoms with Crippen LogP contribution in [-0.4, -0.2) is 25.6 Å². The number of rotatable bonds is 2.